The molecule has 0 aromatic carbocycles. The zero-order valence-electron chi connectivity index (χ0n) is 12.0. The molecule has 18 heavy (non-hydrogen) atoms. The molecule has 1 aromatic heterocycles. The largest absolute Gasteiger partial charge is 0.357 e. The molecule has 1 rings (SSSR count). The molecule has 3 heteroatoms. The second kappa shape index (κ2) is 8.09. The quantitative estimate of drug-likeness (QED) is 0.766. The number of anilines is 1. The van der Waals surface area contributed by atoms with E-state index < -0.39 is 0 Å². The summed E-state index contributed by atoms with van der Waals surface area (Å²) in [5.74, 6) is 1.08. The van der Waals surface area contributed by atoms with Crippen LogP contribution in [0.1, 0.15) is 58.1 Å². The van der Waals surface area contributed by atoms with E-state index in [0.717, 1.165) is 24.5 Å². The van der Waals surface area contributed by atoms with Gasteiger partial charge in [-0.3, -0.25) is 0 Å². The van der Waals surface area contributed by atoms with Crippen LogP contribution in [0.5, 0.6) is 0 Å². The SMILES string of the molecule is CCCCN(CCCC)c1ccc(C(C)N)cn1. The minimum absolute atomic E-state index is 0.0614. The highest BCUT2D eigenvalue weighted by molar-refractivity contribution is 5.39. The lowest BCUT2D eigenvalue weighted by molar-refractivity contribution is 0.670. The van der Waals surface area contributed by atoms with Gasteiger partial charge in [0.15, 0.2) is 0 Å². The predicted octanol–water partition coefficient (Wildman–Crippen LogP) is 3.51. The normalized spacial score (nSPS) is 12.4. The van der Waals surface area contributed by atoms with Crippen molar-refractivity contribution in [2.24, 2.45) is 5.73 Å². The first-order valence-corrected chi connectivity index (χ1v) is 7.15. The zero-order chi connectivity index (χ0) is 13.4. The van der Waals surface area contributed by atoms with Crippen LogP contribution in [0.15, 0.2) is 18.3 Å². The van der Waals surface area contributed by atoms with Crippen molar-refractivity contribution in [1.29, 1.82) is 0 Å². The molecule has 1 aromatic rings. The zero-order valence-corrected chi connectivity index (χ0v) is 12.0. The average Bonchev–Trinajstić information content (AvgIpc) is 2.39. The minimum atomic E-state index is 0.0614. The van der Waals surface area contributed by atoms with Crippen molar-refractivity contribution < 1.29 is 0 Å². The molecule has 0 fully saturated rings. The van der Waals surface area contributed by atoms with E-state index in [2.05, 4.69) is 35.9 Å². The number of nitrogens with two attached hydrogens (primary N) is 1. The third-order valence-electron chi connectivity index (χ3n) is 3.18. The molecule has 2 N–H and O–H groups in total. The Kier molecular flexibility index (Phi) is 6.73. The molecule has 102 valence electrons. The maximum absolute atomic E-state index is 5.85. The summed E-state index contributed by atoms with van der Waals surface area (Å²) in [4.78, 5) is 6.94. The first-order valence-electron chi connectivity index (χ1n) is 7.15. The Labute approximate surface area is 111 Å². The van der Waals surface area contributed by atoms with Gasteiger partial charge in [0.1, 0.15) is 5.82 Å². The van der Waals surface area contributed by atoms with Crippen LogP contribution < -0.4 is 10.6 Å². The van der Waals surface area contributed by atoms with E-state index in [4.69, 9.17) is 5.73 Å². The number of rotatable bonds is 8. The molecule has 0 saturated carbocycles. The van der Waals surface area contributed by atoms with Crippen molar-refractivity contribution in [3.05, 3.63) is 23.9 Å². The number of aromatic nitrogens is 1. The lowest BCUT2D eigenvalue weighted by atomic mass is 10.1. The molecule has 0 saturated heterocycles. The summed E-state index contributed by atoms with van der Waals surface area (Å²) >= 11 is 0. The smallest absolute Gasteiger partial charge is 0.128 e. The van der Waals surface area contributed by atoms with Crippen molar-refractivity contribution in [3.63, 3.8) is 0 Å². The summed E-state index contributed by atoms with van der Waals surface area (Å²) in [6.07, 6.45) is 6.80. The Morgan fingerprint density at radius 2 is 1.78 bits per heavy atom. The molecule has 0 spiro atoms. The van der Waals surface area contributed by atoms with Gasteiger partial charge in [0.05, 0.1) is 0 Å². The van der Waals surface area contributed by atoms with Crippen LogP contribution in [-0.2, 0) is 0 Å². The van der Waals surface area contributed by atoms with Crippen molar-refractivity contribution in [3.8, 4) is 0 Å². The number of unbranched alkanes of at least 4 members (excludes halogenated alkanes) is 2. The van der Waals surface area contributed by atoms with Crippen molar-refractivity contribution in [2.75, 3.05) is 18.0 Å². The van der Waals surface area contributed by atoms with Crippen LogP contribution in [0.2, 0.25) is 0 Å². The summed E-state index contributed by atoms with van der Waals surface area (Å²) in [5.41, 5.74) is 6.95. The molecule has 1 heterocycles. The summed E-state index contributed by atoms with van der Waals surface area (Å²) < 4.78 is 0. The Balaban J connectivity index is 2.70. The van der Waals surface area contributed by atoms with E-state index in [0.29, 0.717) is 0 Å². The number of nitrogens with zero attached hydrogens (tertiary/aromatic N) is 2. The Bertz CT molecular complexity index is 311. The Hall–Kier alpha value is -1.09. The lowest BCUT2D eigenvalue weighted by Crippen LogP contribution is -2.26. The van der Waals surface area contributed by atoms with E-state index >= 15 is 0 Å². The molecule has 3 nitrogen and oxygen atoms in total. The second-order valence-corrected chi connectivity index (χ2v) is 4.93. The van der Waals surface area contributed by atoms with E-state index in [1.165, 1.54) is 25.7 Å². The van der Waals surface area contributed by atoms with Crippen LogP contribution in [0, 0.1) is 0 Å². The third-order valence-corrected chi connectivity index (χ3v) is 3.18. The monoisotopic (exact) mass is 249 g/mol. The maximum atomic E-state index is 5.85. The molecule has 1 atom stereocenters. The summed E-state index contributed by atoms with van der Waals surface area (Å²) in [5, 5.41) is 0. The molecular weight excluding hydrogens is 222 g/mol. The Morgan fingerprint density at radius 3 is 2.17 bits per heavy atom. The highest BCUT2D eigenvalue weighted by Gasteiger charge is 2.07. The minimum Gasteiger partial charge on any atom is -0.357 e. The van der Waals surface area contributed by atoms with Gasteiger partial charge >= 0.3 is 0 Å². The standard InChI is InChI=1S/C15H27N3/c1-4-6-10-18(11-7-5-2)15-9-8-14(12-17-15)13(3)16/h8-9,12-13H,4-7,10-11,16H2,1-3H3. The highest BCUT2D eigenvalue weighted by Crippen LogP contribution is 2.16. The van der Waals surface area contributed by atoms with Gasteiger partial charge in [0.2, 0.25) is 0 Å². The number of pyridine rings is 1. The number of hydrogen-bond donors (Lipinski definition) is 1. The van der Waals surface area contributed by atoms with Crippen LogP contribution in [-0.4, -0.2) is 18.1 Å². The van der Waals surface area contributed by atoms with Crippen molar-refractivity contribution in [2.45, 2.75) is 52.5 Å². The molecule has 0 bridgehead atoms. The summed E-state index contributed by atoms with van der Waals surface area (Å²) in [6.45, 7) is 8.64. The molecular formula is C15H27N3. The molecule has 0 amide bonds. The summed E-state index contributed by atoms with van der Waals surface area (Å²) in [6, 6.07) is 4.26. The van der Waals surface area contributed by atoms with Crippen molar-refractivity contribution >= 4 is 5.82 Å². The fourth-order valence-electron chi connectivity index (χ4n) is 1.89. The first kappa shape index (κ1) is 15.0. The van der Waals surface area contributed by atoms with E-state index in [1.807, 2.05) is 13.1 Å². The summed E-state index contributed by atoms with van der Waals surface area (Å²) in [7, 11) is 0. The fourth-order valence-corrected chi connectivity index (χ4v) is 1.89. The van der Waals surface area contributed by atoms with Gasteiger partial charge in [0.25, 0.3) is 0 Å². The van der Waals surface area contributed by atoms with Gasteiger partial charge in [0, 0.05) is 25.3 Å². The molecule has 0 aliphatic carbocycles. The number of hydrogen-bond acceptors (Lipinski definition) is 3. The lowest BCUT2D eigenvalue weighted by Gasteiger charge is -2.23. The fraction of sp³-hybridized carbons (Fsp3) is 0.667. The van der Waals surface area contributed by atoms with Crippen molar-refractivity contribution in [1.82, 2.24) is 4.98 Å². The maximum Gasteiger partial charge on any atom is 0.128 e. The van der Waals surface area contributed by atoms with Gasteiger partial charge in [-0.2, -0.15) is 0 Å². The molecule has 0 aliphatic heterocycles. The second-order valence-electron chi connectivity index (χ2n) is 4.93. The average molecular weight is 249 g/mol. The van der Waals surface area contributed by atoms with Crippen LogP contribution in [0.4, 0.5) is 5.82 Å². The van der Waals surface area contributed by atoms with Gasteiger partial charge in [-0.05, 0) is 31.4 Å². The van der Waals surface area contributed by atoms with E-state index in [9.17, 15) is 0 Å². The Morgan fingerprint density at radius 1 is 1.17 bits per heavy atom. The highest BCUT2D eigenvalue weighted by atomic mass is 15.2. The molecule has 0 aliphatic rings. The van der Waals surface area contributed by atoms with Gasteiger partial charge in [-0.15, -0.1) is 0 Å². The third kappa shape index (κ3) is 4.65. The van der Waals surface area contributed by atoms with Crippen LogP contribution >= 0.6 is 0 Å². The van der Waals surface area contributed by atoms with Gasteiger partial charge in [-0.25, -0.2) is 4.98 Å². The van der Waals surface area contributed by atoms with E-state index in [1.54, 1.807) is 0 Å². The molecule has 1 unspecified atom stereocenters. The first-order chi connectivity index (χ1) is 8.69. The molecule has 0 radical (unpaired) electrons. The van der Waals surface area contributed by atoms with Crippen LogP contribution in [0.3, 0.4) is 0 Å². The van der Waals surface area contributed by atoms with Gasteiger partial charge in [-0.1, -0.05) is 32.8 Å². The van der Waals surface area contributed by atoms with Gasteiger partial charge < -0.3 is 10.6 Å². The van der Waals surface area contributed by atoms with E-state index in [-0.39, 0.29) is 6.04 Å². The topological polar surface area (TPSA) is 42.1 Å². The van der Waals surface area contributed by atoms with Crippen LogP contribution in [0.25, 0.3) is 0 Å². The predicted molar refractivity (Wildman–Crippen MR) is 78.9 cm³/mol.